The van der Waals surface area contributed by atoms with Gasteiger partial charge in [-0.3, -0.25) is 15.0 Å². The van der Waals surface area contributed by atoms with Crippen LogP contribution in [0.25, 0.3) is 16.9 Å². The summed E-state index contributed by atoms with van der Waals surface area (Å²) in [6.07, 6.45) is 0. The Labute approximate surface area is 195 Å². The molecule has 168 valence electrons. The largest absolute Gasteiger partial charge is 0.344 e. The highest BCUT2D eigenvalue weighted by molar-refractivity contribution is 6.09. The van der Waals surface area contributed by atoms with Gasteiger partial charge in [0.25, 0.3) is 11.8 Å². The van der Waals surface area contributed by atoms with Gasteiger partial charge < -0.3 is 5.32 Å². The molecule has 0 spiro atoms. The van der Waals surface area contributed by atoms with Gasteiger partial charge in [-0.1, -0.05) is 78.9 Å². The molecule has 8 heteroatoms. The zero-order valence-corrected chi connectivity index (χ0v) is 18.3. The van der Waals surface area contributed by atoms with Crippen molar-refractivity contribution in [2.75, 3.05) is 0 Å². The summed E-state index contributed by atoms with van der Waals surface area (Å²) >= 11 is 0. The van der Waals surface area contributed by atoms with Crippen molar-refractivity contribution in [1.29, 1.82) is 0 Å². The molecule has 0 saturated carbocycles. The van der Waals surface area contributed by atoms with Crippen molar-refractivity contribution in [1.82, 2.24) is 25.5 Å². The summed E-state index contributed by atoms with van der Waals surface area (Å²) in [6, 6.07) is 28.4. The molecular formula is C26H21N5O3. The zero-order valence-electron chi connectivity index (χ0n) is 18.3. The minimum atomic E-state index is -1.29. The number of aromatic nitrogens is 2. The number of urea groups is 1. The molecule has 4 amide bonds. The summed E-state index contributed by atoms with van der Waals surface area (Å²) in [6.45, 7) is 1.61. The molecule has 34 heavy (non-hydrogen) atoms. The molecule has 0 aliphatic carbocycles. The molecular weight excluding hydrogens is 430 g/mol. The molecule has 4 aromatic rings. The van der Waals surface area contributed by atoms with Crippen LogP contribution in [0.1, 0.15) is 23.0 Å². The lowest BCUT2D eigenvalue weighted by atomic mass is 9.92. The predicted octanol–water partition coefficient (Wildman–Crippen LogP) is 3.65. The minimum Gasteiger partial charge on any atom is -0.318 e. The number of carbonyl (C=O) groups is 3. The Morgan fingerprint density at radius 3 is 2.12 bits per heavy atom. The molecule has 1 fully saturated rings. The second kappa shape index (κ2) is 8.32. The summed E-state index contributed by atoms with van der Waals surface area (Å²) in [7, 11) is 0. The zero-order chi connectivity index (χ0) is 23.7. The lowest BCUT2D eigenvalue weighted by Crippen LogP contribution is -2.48. The Morgan fingerprint density at radius 2 is 1.47 bits per heavy atom. The molecule has 2 heterocycles. The standard InChI is InChI=1S/C26H21N5O3/c1-26(19-13-7-3-8-14-19)24(33)31(25(34)27-26)29-23(32)22-17-21(18-11-5-2-6-12-18)28-30(22)20-15-9-4-10-16-20/h2-17H,1H3,(H,27,34)(H,29,32)/t26-/m1/s1. The first-order valence-electron chi connectivity index (χ1n) is 10.7. The van der Waals surface area contributed by atoms with Crippen molar-refractivity contribution in [2.45, 2.75) is 12.5 Å². The van der Waals surface area contributed by atoms with Crippen LogP contribution in [-0.4, -0.2) is 32.6 Å². The average molecular weight is 451 g/mol. The van der Waals surface area contributed by atoms with Crippen LogP contribution < -0.4 is 10.7 Å². The van der Waals surface area contributed by atoms with Gasteiger partial charge in [-0.2, -0.15) is 10.1 Å². The number of hydrogen-bond donors (Lipinski definition) is 2. The number of amides is 4. The fraction of sp³-hybridized carbons (Fsp3) is 0.0769. The van der Waals surface area contributed by atoms with Crippen molar-refractivity contribution in [3.05, 3.63) is 108 Å². The van der Waals surface area contributed by atoms with E-state index in [-0.39, 0.29) is 5.69 Å². The van der Waals surface area contributed by atoms with Crippen molar-refractivity contribution >= 4 is 17.8 Å². The van der Waals surface area contributed by atoms with Crippen LogP contribution in [0.2, 0.25) is 0 Å². The fourth-order valence-corrected chi connectivity index (χ4v) is 3.93. The molecule has 1 saturated heterocycles. The molecule has 2 N–H and O–H groups in total. The Kier molecular flexibility index (Phi) is 5.18. The van der Waals surface area contributed by atoms with Crippen molar-refractivity contribution in [2.24, 2.45) is 0 Å². The number of benzene rings is 3. The second-order valence-electron chi connectivity index (χ2n) is 8.03. The topological polar surface area (TPSA) is 96.3 Å². The third-order valence-corrected chi connectivity index (χ3v) is 5.77. The number of para-hydroxylation sites is 1. The SMILES string of the molecule is C[C@]1(c2ccccc2)NC(=O)N(NC(=O)c2cc(-c3ccccc3)nn2-c2ccccc2)C1=O. The van der Waals surface area contributed by atoms with E-state index < -0.39 is 23.4 Å². The van der Waals surface area contributed by atoms with Crippen LogP contribution in [0.4, 0.5) is 4.79 Å². The van der Waals surface area contributed by atoms with Gasteiger partial charge in [0.1, 0.15) is 11.2 Å². The minimum absolute atomic E-state index is 0.180. The molecule has 1 aliphatic heterocycles. The molecule has 1 atom stereocenters. The van der Waals surface area contributed by atoms with Gasteiger partial charge in [-0.15, -0.1) is 0 Å². The van der Waals surface area contributed by atoms with Gasteiger partial charge in [-0.05, 0) is 30.7 Å². The molecule has 1 aromatic heterocycles. The molecule has 8 nitrogen and oxygen atoms in total. The molecule has 0 bridgehead atoms. The number of nitrogens with one attached hydrogen (secondary N) is 2. The first kappa shape index (κ1) is 21.1. The highest BCUT2D eigenvalue weighted by Gasteiger charge is 2.50. The quantitative estimate of drug-likeness (QED) is 0.453. The normalized spacial score (nSPS) is 17.5. The van der Waals surface area contributed by atoms with Gasteiger partial charge in [0.2, 0.25) is 0 Å². The Morgan fingerprint density at radius 1 is 0.882 bits per heavy atom. The van der Waals surface area contributed by atoms with E-state index in [4.69, 9.17) is 0 Å². The van der Waals surface area contributed by atoms with E-state index in [1.807, 2.05) is 66.7 Å². The van der Waals surface area contributed by atoms with Crippen molar-refractivity contribution < 1.29 is 14.4 Å². The second-order valence-corrected chi connectivity index (χ2v) is 8.03. The van der Waals surface area contributed by atoms with Crippen LogP contribution in [0.3, 0.4) is 0 Å². The van der Waals surface area contributed by atoms with E-state index in [0.717, 1.165) is 10.6 Å². The highest BCUT2D eigenvalue weighted by atomic mass is 16.2. The predicted molar refractivity (Wildman–Crippen MR) is 126 cm³/mol. The molecule has 3 aromatic carbocycles. The van der Waals surface area contributed by atoms with Gasteiger partial charge in [-0.25, -0.2) is 9.48 Å². The maximum atomic E-state index is 13.3. The number of hydrogen-bond acceptors (Lipinski definition) is 4. The van der Waals surface area contributed by atoms with Crippen LogP contribution in [0, 0.1) is 0 Å². The maximum absolute atomic E-state index is 13.3. The van der Waals surface area contributed by atoms with Crippen LogP contribution in [0.15, 0.2) is 97.1 Å². The third-order valence-electron chi connectivity index (χ3n) is 5.77. The van der Waals surface area contributed by atoms with E-state index >= 15 is 0 Å². The van der Waals surface area contributed by atoms with Crippen LogP contribution in [-0.2, 0) is 10.3 Å². The van der Waals surface area contributed by atoms with Crippen molar-refractivity contribution in [3.63, 3.8) is 0 Å². The van der Waals surface area contributed by atoms with Gasteiger partial charge in [0, 0.05) is 5.56 Å². The lowest BCUT2D eigenvalue weighted by Gasteiger charge is -2.22. The Hall–Kier alpha value is -4.72. The summed E-state index contributed by atoms with van der Waals surface area (Å²) in [5.41, 5.74) is 4.05. The van der Waals surface area contributed by atoms with E-state index in [1.165, 1.54) is 4.68 Å². The molecule has 0 unspecified atom stereocenters. The molecule has 5 rings (SSSR count). The van der Waals surface area contributed by atoms with Gasteiger partial charge in [0.15, 0.2) is 0 Å². The number of imide groups is 1. The summed E-state index contributed by atoms with van der Waals surface area (Å²) in [4.78, 5) is 39.2. The lowest BCUT2D eigenvalue weighted by molar-refractivity contribution is -0.132. The van der Waals surface area contributed by atoms with Gasteiger partial charge >= 0.3 is 6.03 Å². The van der Waals surface area contributed by atoms with E-state index in [1.54, 1.807) is 37.3 Å². The summed E-state index contributed by atoms with van der Waals surface area (Å²) in [5.74, 6) is -1.22. The maximum Gasteiger partial charge on any atom is 0.344 e. The number of nitrogens with zero attached hydrogens (tertiary/aromatic N) is 3. The van der Waals surface area contributed by atoms with Crippen LogP contribution in [0.5, 0.6) is 0 Å². The molecule has 0 radical (unpaired) electrons. The smallest absolute Gasteiger partial charge is 0.318 e. The first-order chi connectivity index (χ1) is 16.5. The number of hydrazine groups is 1. The number of carbonyl (C=O) groups excluding carboxylic acids is 3. The van der Waals surface area contributed by atoms with Crippen LogP contribution >= 0.6 is 0 Å². The van der Waals surface area contributed by atoms with E-state index in [9.17, 15) is 14.4 Å². The first-order valence-corrected chi connectivity index (χ1v) is 10.7. The third kappa shape index (κ3) is 3.61. The fourth-order valence-electron chi connectivity index (χ4n) is 3.93. The highest BCUT2D eigenvalue weighted by Crippen LogP contribution is 2.28. The summed E-state index contributed by atoms with van der Waals surface area (Å²) in [5, 5.41) is 8.02. The average Bonchev–Trinajstić information content (AvgIpc) is 3.42. The van der Waals surface area contributed by atoms with Gasteiger partial charge in [0.05, 0.1) is 11.4 Å². The molecule has 1 aliphatic rings. The Balaban J connectivity index is 1.48. The number of rotatable bonds is 5. The Bertz CT molecular complexity index is 1370. The monoisotopic (exact) mass is 451 g/mol. The van der Waals surface area contributed by atoms with E-state index in [2.05, 4.69) is 15.8 Å². The van der Waals surface area contributed by atoms with Crippen molar-refractivity contribution in [3.8, 4) is 16.9 Å². The summed E-state index contributed by atoms with van der Waals surface area (Å²) < 4.78 is 1.49. The van der Waals surface area contributed by atoms with E-state index in [0.29, 0.717) is 16.9 Å².